The van der Waals surface area contributed by atoms with Gasteiger partial charge in [-0.25, -0.2) is 4.68 Å². The number of rotatable bonds is 7. The molecule has 9 heteroatoms. The molecule has 194 valence electrons. The van der Waals surface area contributed by atoms with Gasteiger partial charge in [-0.05, 0) is 54.6 Å². The topological polar surface area (TPSA) is 87.5 Å². The van der Waals surface area contributed by atoms with Gasteiger partial charge >= 0.3 is 0 Å². The van der Waals surface area contributed by atoms with Crippen LogP contribution in [0.25, 0.3) is 50.5 Å². The van der Waals surface area contributed by atoms with Crippen molar-refractivity contribution in [1.29, 1.82) is 0 Å². The third kappa shape index (κ3) is 4.28. The van der Waals surface area contributed by atoms with Crippen LogP contribution in [0.3, 0.4) is 0 Å². The molecule has 0 bridgehead atoms. The van der Waals surface area contributed by atoms with E-state index in [4.69, 9.17) is 14.3 Å². The van der Waals surface area contributed by atoms with E-state index in [0.717, 1.165) is 33.5 Å². The second-order valence-electron chi connectivity index (χ2n) is 9.03. The highest BCUT2D eigenvalue weighted by Gasteiger charge is 2.17. The lowest BCUT2D eigenvalue weighted by Gasteiger charge is -2.02. The van der Waals surface area contributed by atoms with E-state index in [1.54, 1.807) is 10.8 Å². The molecule has 0 atom stereocenters. The van der Waals surface area contributed by atoms with E-state index in [-0.39, 0.29) is 5.56 Å². The molecule has 0 unspecified atom stereocenters. The van der Waals surface area contributed by atoms with Gasteiger partial charge in [0, 0.05) is 22.7 Å². The molecule has 0 saturated heterocycles. The smallest absolute Gasteiger partial charge is 0.291 e. The minimum atomic E-state index is -0.243. The Balaban J connectivity index is 1.30. The maximum atomic E-state index is 13.4. The van der Waals surface area contributed by atoms with Crippen molar-refractivity contribution in [3.8, 4) is 34.3 Å². The predicted octanol–water partition coefficient (Wildman–Crippen LogP) is 5.53. The Morgan fingerprint density at radius 3 is 2.55 bits per heavy atom. The van der Waals surface area contributed by atoms with Gasteiger partial charge < -0.3 is 9.15 Å². The van der Waals surface area contributed by atoms with Gasteiger partial charge in [0.25, 0.3) is 5.56 Å². The van der Waals surface area contributed by atoms with Gasteiger partial charge in [-0.15, -0.1) is 5.10 Å². The van der Waals surface area contributed by atoms with E-state index in [2.05, 4.69) is 16.7 Å². The molecule has 0 amide bonds. The van der Waals surface area contributed by atoms with Crippen LogP contribution < -0.4 is 14.8 Å². The van der Waals surface area contributed by atoms with E-state index in [1.165, 1.54) is 15.9 Å². The van der Waals surface area contributed by atoms with Crippen molar-refractivity contribution in [1.82, 2.24) is 24.4 Å². The van der Waals surface area contributed by atoms with Crippen molar-refractivity contribution in [2.45, 2.75) is 0 Å². The highest BCUT2D eigenvalue weighted by molar-refractivity contribution is 7.15. The standard InChI is InChI=1S/C31H21N5O3S/c1-2-16-38-24-14-12-20(13-15-24)29-32-31-36(34-29)30(37)27(40-31)18-22-19-35(23-9-4-3-5-10-23)33-28(22)26-17-21-8-6-7-11-25(21)39-26/h2-15,17-19H,1,16H2/b27-18-. The molecule has 0 fully saturated rings. The Kier molecular flexibility index (Phi) is 5.83. The Morgan fingerprint density at radius 2 is 1.77 bits per heavy atom. The Labute approximate surface area is 231 Å². The summed E-state index contributed by atoms with van der Waals surface area (Å²) in [5.74, 6) is 1.82. The maximum Gasteiger partial charge on any atom is 0.291 e. The van der Waals surface area contributed by atoms with Crippen LogP contribution in [0.4, 0.5) is 0 Å². The number of benzene rings is 3. The van der Waals surface area contributed by atoms with Crippen molar-refractivity contribution >= 4 is 33.3 Å². The van der Waals surface area contributed by atoms with Gasteiger partial charge in [0.15, 0.2) is 11.6 Å². The first kappa shape index (κ1) is 23.8. The van der Waals surface area contributed by atoms with Crippen LogP contribution in [0.5, 0.6) is 5.75 Å². The highest BCUT2D eigenvalue weighted by Crippen LogP contribution is 2.30. The Bertz CT molecular complexity index is 2070. The predicted molar refractivity (Wildman–Crippen MR) is 156 cm³/mol. The monoisotopic (exact) mass is 543 g/mol. The number of hydrogen-bond donors (Lipinski definition) is 0. The van der Waals surface area contributed by atoms with E-state index in [1.807, 2.05) is 97.2 Å². The molecule has 4 heterocycles. The van der Waals surface area contributed by atoms with E-state index in [9.17, 15) is 4.79 Å². The SMILES string of the molecule is C=CCOc1ccc(-c2nc3s/c(=C\c4cn(-c5ccccc5)nc4-c4cc5ccccc5o4)c(=O)n3n2)cc1. The molecule has 0 saturated carbocycles. The van der Waals surface area contributed by atoms with Crippen molar-refractivity contribution in [3.63, 3.8) is 0 Å². The van der Waals surface area contributed by atoms with Gasteiger partial charge in [-0.2, -0.15) is 14.6 Å². The average Bonchev–Trinajstić information content (AvgIpc) is 3.77. The highest BCUT2D eigenvalue weighted by atomic mass is 32.1. The molecule has 0 aliphatic carbocycles. The fraction of sp³-hybridized carbons (Fsp3) is 0.0323. The van der Waals surface area contributed by atoms with Crippen LogP contribution in [-0.4, -0.2) is 31.0 Å². The quantitative estimate of drug-likeness (QED) is 0.246. The second kappa shape index (κ2) is 9.79. The van der Waals surface area contributed by atoms with Gasteiger partial charge in [0.05, 0.1) is 10.2 Å². The fourth-order valence-electron chi connectivity index (χ4n) is 4.45. The Morgan fingerprint density at radius 1 is 0.975 bits per heavy atom. The number of fused-ring (bicyclic) bond motifs is 2. The molecule has 40 heavy (non-hydrogen) atoms. The molecule has 0 aliphatic rings. The summed E-state index contributed by atoms with van der Waals surface area (Å²) in [5.41, 5.74) is 3.61. The summed E-state index contributed by atoms with van der Waals surface area (Å²) in [4.78, 5) is 18.5. The summed E-state index contributed by atoms with van der Waals surface area (Å²) >= 11 is 1.28. The molecular formula is C31H21N5O3S. The Hall–Kier alpha value is -5.28. The molecule has 0 radical (unpaired) electrons. The lowest BCUT2D eigenvalue weighted by Crippen LogP contribution is -2.23. The van der Waals surface area contributed by atoms with Crippen molar-refractivity contribution in [2.24, 2.45) is 0 Å². The lowest BCUT2D eigenvalue weighted by atomic mass is 10.2. The first-order valence-corrected chi connectivity index (χ1v) is 13.4. The summed E-state index contributed by atoms with van der Waals surface area (Å²) in [6, 6.07) is 27.0. The third-order valence-corrected chi connectivity index (χ3v) is 7.33. The number of nitrogens with zero attached hydrogens (tertiary/aromatic N) is 5. The largest absolute Gasteiger partial charge is 0.490 e. The lowest BCUT2D eigenvalue weighted by molar-refractivity contribution is 0.363. The van der Waals surface area contributed by atoms with Crippen LogP contribution in [-0.2, 0) is 0 Å². The molecule has 0 N–H and O–H groups in total. The first-order chi connectivity index (χ1) is 19.7. The van der Waals surface area contributed by atoms with Gasteiger partial charge in [0.1, 0.15) is 23.6 Å². The molecule has 8 nitrogen and oxygen atoms in total. The van der Waals surface area contributed by atoms with Gasteiger partial charge in [-0.3, -0.25) is 4.79 Å². The number of aromatic nitrogens is 5. The summed E-state index contributed by atoms with van der Waals surface area (Å²) in [5, 5.41) is 10.3. The number of ether oxygens (including phenoxy) is 1. The van der Waals surface area contributed by atoms with E-state index in [0.29, 0.717) is 33.4 Å². The van der Waals surface area contributed by atoms with Crippen LogP contribution in [0.15, 0.2) is 113 Å². The molecule has 0 spiro atoms. The fourth-order valence-corrected chi connectivity index (χ4v) is 5.35. The van der Waals surface area contributed by atoms with Crippen molar-refractivity contribution in [2.75, 3.05) is 6.61 Å². The van der Waals surface area contributed by atoms with E-state index < -0.39 is 0 Å². The van der Waals surface area contributed by atoms with Gasteiger partial charge in [-0.1, -0.05) is 60.4 Å². The maximum absolute atomic E-state index is 13.4. The number of furan rings is 1. The summed E-state index contributed by atoms with van der Waals surface area (Å²) in [6.07, 6.45) is 5.41. The zero-order valence-corrected chi connectivity index (χ0v) is 21.9. The number of thiazole rings is 1. The minimum Gasteiger partial charge on any atom is -0.490 e. The van der Waals surface area contributed by atoms with Crippen molar-refractivity contribution < 1.29 is 9.15 Å². The van der Waals surface area contributed by atoms with Crippen LogP contribution >= 0.6 is 11.3 Å². The average molecular weight is 544 g/mol. The third-order valence-electron chi connectivity index (χ3n) is 6.37. The number of hydrogen-bond acceptors (Lipinski definition) is 7. The summed E-state index contributed by atoms with van der Waals surface area (Å²) < 4.78 is 15.3. The van der Waals surface area contributed by atoms with Gasteiger partial charge in [0.2, 0.25) is 4.96 Å². The molecule has 7 aromatic rings. The normalized spacial score (nSPS) is 11.9. The molecule has 0 aliphatic heterocycles. The minimum absolute atomic E-state index is 0.243. The molecule has 3 aromatic carbocycles. The number of para-hydroxylation sites is 2. The molecular weight excluding hydrogens is 522 g/mol. The van der Waals surface area contributed by atoms with Crippen LogP contribution in [0.1, 0.15) is 5.56 Å². The summed E-state index contributed by atoms with van der Waals surface area (Å²) in [6.45, 7) is 4.09. The van der Waals surface area contributed by atoms with Crippen LogP contribution in [0.2, 0.25) is 0 Å². The van der Waals surface area contributed by atoms with E-state index >= 15 is 0 Å². The summed E-state index contributed by atoms with van der Waals surface area (Å²) in [7, 11) is 0. The zero-order valence-electron chi connectivity index (χ0n) is 21.1. The molecule has 7 rings (SSSR count). The first-order valence-electron chi connectivity index (χ1n) is 12.6. The second-order valence-corrected chi connectivity index (χ2v) is 10.0. The molecule has 4 aromatic heterocycles. The van der Waals surface area contributed by atoms with Crippen LogP contribution in [0, 0.1) is 0 Å². The zero-order chi connectivity index (χ0) is 27.1. The van der Waals surface area contributed by atoms with Crippen molar-refractivity contribution in [3.05, 3.63) is 124 Å².